The summed E-state index contributed by atoms with van der Waals surface area (Å²) in [6.45, 7) is 3.98. The molecule has 25 heavy (non-hydrogen) atoms. The topological polar surface area (TPSA) is 65.0 Å². The van der Waals surface area contributed by atoms with Crippen LogP contribution in [-0.2, 0) is 14.4 Å². The monoisotopic (exact) mass is 405 g/mol. The molecule has 0 unspecified atom stereocenters. The molecule has 0 fully saturated rings. The SMILES string of the molecule is CO/N=C(\C(=O)OC)C1=C(C(=O)c2cccc(Br)c2)CC(C)=C(C)C1. The fourth-order valence-electron chi connectivity index (χ4n) is 2.70. The van der Waals surface area contributed by atoms with E-state index in [-0.39, 0.29) is 11.5 Å². The molecular weight excluding hydrogens is 386 g/mol. The van der Waals surface area contributed by atoms with Crippen molar-refractivity contribution in [2.24, 2.45) is 5.16 Å². The van der Waals surface area contributed by atoms with E-state index in [1.165, 1.54) is 14.2 Å². The zero-order chi connectivity index (χ0) is 18.6. The molecule has 0 atom stereocenters. The number of benzene rings is 1. The maximum absolute atomic E-state index is 13.1. The van der Waals surface area contributed by atoms with Gasteiger partial charge in [0.25, 0.3) is 0 Å². The van der Waals surface area contributed by atoms with Gasteiger partial charge in [0.1, 0.15) is 7.11 Å². The van der Waals surface area contributed by atoms with E-state index >= 15 is 0 Å². The van der Waals surface area contributed by atoms with Crippen molar-refractivity contribution in [1.29, 1.82) is 0 Å². The summed E-state index contributed by atoms with van der Waals surface area (Å²) in [4.78, 5) is 30.0. The summed E-state index contributed by atoms with van der Waals surface area (Å²) in [5.41, 5.74) is 3.91. The molecule has 0 saturated carbocycles. The zero-order valence-electron chi connectivity index (χ0n) is 14.7. The first kappa shape index (κ1) is 19.1. The Balaban J connectivity index is 2.59. The smallest absolute Gasteiger partial charge is 0.360 e. The third kappa shape index (κ3) is 4.25. The van der Waals surface area contributed by atoms with Crippen LogP contribution in [0.4, 0.5) is 0 Å². The molecule has 1 aromatic rings. The Morgan fingerprint density at radius 2 is 1.72 bits per heavy atom. The first-order chi connectivity index (χ1) is 11.9. The van der Waals surface area contributed by atoms with Gasteiger partial charge in [-0.25, -0.2) is 4.79 Å². The quantitative estimate of drug-likeness (QED) is 0.241. The summed E-state index contributed by atoms with van der Waals surface area (Å²) in [5, 5.41) is 3.82. The lowest BCUT2D eigenvalue weighted by atomic mass is 9.82. The lowest BCUT2D eigenvalue weighted by Gasteiger charge is -2.22. The summed E-state index contributed by atoms with van der Waals surface area (Å²) in [6.07, 6.45) is 0.921. The number of esters is 1. The maximum atomic E-state index is 13.1. The van der Waals surface area contributed by atoms with E-state index in [2.05, 4.69) is 21.1 Å². The van der Waals surface area contributed by atoms with Crippen molar-refractivity contribution in [1.82, 2.24) is 0 Å². The number of methoxy groups -OCH3 is 1. The van der Waals surface area contributed by atoms with Crippen molar-refractivity contribution in [3.8, 4) is 0 Å². The molecule has 1 aliphatic rings. The summed E-state index contributed by atoms with van der Waals surface area (Å²) >= 11 is 3.38. The van der Waals surface area contributed by atoms with Gasteiger partial charge in [0.05, 0.1) is 7.11 Å². The Bertz CT molecular complexity index is 805. The minimum atomic E-state index is -0.622. The molecule has 5 nitrogen and oxygen atoms in total. The standard InChI is InChI=1S/C19H20BrNO4/c1-11-8-15(17(21-25-4)19(23)24-3)16(9-12(11)2)18(22)13-6-5-7-14(20)10-13/h5-7,10H,8-9H2,1-4H3/b21-17-. The Morgan fingerprint density at radius 1 is 1.08 bits per heavy atom. The highest BCUT2D eigenvalue weighted by atomic mass is 79.9. The van der Waals surface area contributed by atoms with E-state index in [0.717, 1.165) is 15.6 Å². The van der Waals surface area contributed by atoms with Crippen LogP contribution in [0.5, 0.6) is 0 Å². The third-order valence-corrected chi connectivity index (χ3v) is 4.68. The first-order valence-electron chi connectivity index (χ1n) is 7.76. The predicted molar refractivity (Wildman–Crippen MR) is 99.6 cm³/mol. The second-order valence-corrected chi connectivity index (χ2v) is 6.74. The van der Waals surface area contributed by atoms with Crippen LogP contribution >= 0.6 is 15.9 Å². The number of carbonyl (C=O) groups excluding carboxylic acids is 2. The first-order valence-corrected chi connectivity index (χ1v) is 8.55. The number of ketones is 1. The number of hydrogen-bond acceptors (Lipinski definition) is 5. The average Bonchev–Trinajstić information content (AvgIpc) is 2.60. The number of hydrogen-bond donors (Lipinski definition) is 0. The van der Waals surface area contributed by atoms with Crippen LogP contribution in [-0.4, -0.2) is 31.7 Å². The van der Waals surface area contributed by atoms with Gasteiger partial charge in [0, 0.05) is 21.2 Å². The van der Waals surface area contributed by atoms with Crippen LogP contribution in [0, 0.1) is 0 Å². The largest absolute Gasteiger partial charge is 0.464 e. The maximum Gasteiger partial charge on any atom is 0.360 e. The number of Topliss-reactive ketones (excluding diaryl/α,β-unsaturated/α-hetero) is 1. The summed E-state index contributed by atoms with van der Waals surface area (Å²) in [7, 11) is 2.64. The normalized spacial score (nSPS) is 15.3. The van der Waals surface area contributed by atoms with Gasteiger partial charge in [0.15, 0.2) is 11.5 Å². The van der Waals surface area contributed by atoms with E-state index in [1.807, 2.05) is 19.9 Å². The molecule has 1 aromatic carbocycles. The van der Waals surface area contributed by atoms with Crippen molar-refractivity contribution >= 4 is 33.4 Å². The number of oxime groups is 1. The Labute approximate surface area is 155 Å². The van der Waals surface area contributed by atoms with Gasteiger partial charge < -0.3 is 9.57 Å². The summed E-state index contributed by atoms with van der Waals surface area (Å²) in [6, 6.07) is 7.18. The minimum absolute atomic E-state index is 0.0372. The van der Waals surface area contributed by atoms with Crippen LogP contribution in [0.2, 0.25) is 0 Å². The molecule has 0 aliphatic heterocycles. The lowest BCUT2D eigenvalue weighted by Crippen LogP contribution is -2.24. The Kier molecular flexibility index (Phi) is 6.31. The van der Waals surface area contributed by atoms with E-state index < -0.39 is 5.97 Å². The number of rotatable bonds is 5. The second kappa shape index (κ2) is 8.25. The van der Waals surface area contributed by atoms with Crippen LogP contribution in [0.1, 0.15) is 37.0 Å². The number of nitrogens with zero attached hydrogens (tertiary/aromatic N) is 1. The van der Waals surface area contributed by atoms with E-state index in [9.17, 15) is 9.59 Å². The highest BCUT2D eigenvalue weighted by molar-refractivity contribution is 9.10. The molecule has 132 valence electrons. The fraction of sp³-hybridized carbons (Fsp3) is 0.316. The number of halogens is 1. The van der Waals surface area contributed by atoms with Gasteiger partial charge in [0.2, 0.25) is 0 Å². The molecule has 0 bridgehead atoms. The summed E-state index contributed by atoms with van der Waals surface area (Å²) in [5.74, 6) is -0.750. The van der Waals surface area contributed by atoms with Crippen molar-refractivity contribution in [2.45, 2.75) is 26.7 Å². The second-order valence-electron chi connectivity index (χ2n) is 5.82. The zero-order valence-corrected chi connectivity index (χ0v) is 16.3. The molecular formula is C19H20BrNO4. The van der Waals surface area contributed by atoms with Gasteiger partial charge in [-0.2, -0.15) is 0 Å². The van der Waals surface area contributed by atoms with Gasteiger partial charge in [-0.15, -0.1) is 0 Å². The van der Waals surface area contributed by atoms with Crippen LogP contribution in [0.3, 0.4) is 0 Å². The molecule has 0 amide bonds. The summed E-state index contributed by atoms with van der Waals surface area (Å²) < 4.78 is 5.63. The van der Waals surface area contributed by atoms with Crippen molar-refractivity contribution in [3.05, 3.63) is 56.6 Å². The highest BCUT2D eigenvalue weighted by Gasteiger charge is 2.29. The Hall–Kier alpha value is -2.21. The highest BCUT2D eigenvalue weighted by Crippen LogP contribution is 2.33. The third-order valence-electron chi connectivity index (χ3n) is 4.18. The molecule has 0 saturated heterocycles. The van der Waals surface area contributed by atoms with Crippen molar-refractivity contribution < 1.29 is 19.2 Å². The van der Waals surface area contributed by atoms with Gasteiger partial charge in [-0.3, -0.25) is 4.79 Å². The molecule has 1 aliphatic carbocycles. The predicted octanol–water partition coefficient (Wildman–Crippen LogP) is 4.23. The molecule has 0 radical (unpaired) electrons. The average molecular weight is 406 g/mol. The molecule has 6 heteroatoms. The minimum Gasteiger partial charge on any atom is -0.464 e. The van der Waals surface area contributed by atoms with E-state index in [0.29, 0.717) is 29.6 Å². The molecule has 0 spiro atoms. The van der Waals surface area contributed by atoms with E-state index in [4.69, 9.17) is 9.57 Å². The van der Waals surface area contributed by atoms with Crippen LogP contribution < -0.4 is 0 Å². The number of ether oxygens (including phenoxy) is 1. The molecule has 0 aromatic heterocycles. The van der Waals surface area contributed by atoms with Gasteiger partial charge >= 0.3 is 5.97 Å². The lowest BCUT2D eigenvalue weighted by molar-refractivity contribution is -0.132. The van der Waals surface area contributed by atoms with Crippen molar-refractivity contribution in [2.75, 3.05) is 14.2 Å². The molecule has 0 heterocycles. The number of carbonyl (C=O) groups is 2. The molecule has 2 rings (SSSR count). The molecule has 0 N–H and O–H groups in total. The van der Waals surface area contributed by atoms with E-state index in [1.54, 1.807) is 18.2 Å². The van der Waals surface area contributed by atoms with Crippen LogP contribution in [0.15, 0.2) is 56.2 Å². The van der Waals surface area contributed by atoms with Crippen LogP contribution in [0.25, 0.3) is 0 Å². The van der Waals surface area contributed by atoms with Crippen molar-refractivity contribution in [3.63, 3.8) is 0 Å². The fourth-order valence-corrected chi connectivity index (χ4v) is 3.10. The van der Waals surface area contributed by atoms with Gasteiger partial charge in [-0.1, -0.05) is 44.4 Å². The number of allylic oxidation sites excluding steroid dienone is 3. The Morgan fingerprint density at radius 3 is 2.28 bits per heavy atom. The van der Waals surface area contributed by atoms with Gasteiger partial charge in [-0.05, 0) is 38.8 Å².